The lowest BCUT2D eigenvalue weighted by Gasteiger charge is -2.02. The topological polar surface area (TPSA) is 74.8 Å². The lowest BCUT2D eigenvalue weighted by molar-refractivity contribution is 1.03. The number of hydrazone groups is 2. The molecule has 0 atom stereocenters. The molecule has 20 heavy (non-hydrogen) atoms. The van der Waals surface area contributed by atoms with Gasteiger partial charge in [-0.1, -0.05) is 54.3 Å². The average Bonchev–Trinajstić information content (AvgIpc) is 2.44. The van der Waals surface area contributed by atoms with Crippen molar-refractivity contribution in [1.29, 1.82) is 0 Å². The van der Waals surface area contributed by atoms with Gasteiger partial charge in [0.05, 0.1) is 11.9 Å². The van der Waals surface area contributed by atoms with Crippen LogP contribution in [0.4, 0.5) is 0 Å². The number of nitrogens with one attached hydrogen (secondary N) is 2. The molecule has 8 heteroatoms. The van der Waals surface area contributed by atoms with Crippen LogP contribution in [-0.2, 0) is 5.75 Å². The van der Waals surface area contributed by atoms with E-state index in [1.807, 2.05) is 18.2 Å². The van der Waals surface area contributed by atoms with Gasteiger partial charge in [0.15, 0.2) is 9.43 Å². The summed E-state index contributed by atoms with van der Waals surface area (Å²) in [5, 5.41) is 7.96. The minimum Gasteiger partial charge on any atom is -0.375 e. The van der Waals surface area contributed by atoms with Gasteiger partial charge in [0, 0.05) is 5.75 Å². The minimum atomic E-state index is 0.111. The normalized spacial score (nSPS) is 11.3. The van der Waals surface area contributed by atoms with E-state index in [0.29, 0.717) is 10.0 Å². The van der Waals surface area contributed by atoms with Crippen molar-refractivity contribution < 1.29 is 0 Å². The summed E-state index contributed by atoms with van der Waals surface area (Å²) in [5.41, 5.74) is 12.3. The van der Waals surface area contributed by atoms with Gasteiger partial charge in [-0.15, -0.1) is 0 Å². The second-order valence-electron chi connectivity index (χ2n) is 3.66. The van der Waals surface area contributed by atoms with Crippen LogP contribution in [0, 0.1) is 0 Å². The third-order valence-corrected chi connectivity index (χ3v) is 3.33. The van der Waals surface area contributed by atoms with Gasteiger partial charge in [0.2, 0.25) is 0 Å². The highest BCUT2D eigenvalue weighted by Crippen LogP contribution is 2.12. The van der Waals surface area contributed by atoms with Gasteiger partial charge in [-0.05, 0) is 24.7 Å². The van der Waals surface area contributed by atoms with E-state index in [-0.39, 0.29) is 5.11 Å². The van der Waals surface area contributed by atoms with Crippen molar-refractivity contribution in [3.63, 3.8) is 0 Å². The van der Waals surface area contributed by atoms with Crippen LogP contribution in [0.3, 0.4) is 0 Å². The van der Waals surface area contributed by atoms with Crippen molar-refractivity contribution in [3.8, 4) is 0 Å². The molecule has 4 N–H and O–H groups in total. The lowest BCUT2D eigenvalue weighted by atomic mass is 10.2. The zero-order valence-corrected chi connectivity index (χ0v) is 13.3. The van der Waals surface area contributed by atoms with Gasteiger partial charge in [0.1, 0.15) is 0 Å². The van der Waals surface area contributed by atoms with Crippen molar-refractivity contribution in [2.24, 2.45) is 15.9 Å². The molecule has 0 fully saturated rings. The lowest BCUT2D eigenvalue weighted by Crippen LogP contribution is -2.25. The third kappa shape index (κ3) is 7.82. The molecule has 0 heterocycles. The highest BCUT2D eigenvalue weighted by Gasteiger charge is 1.97. The summed E-state index contributed by atoms with van der Waals surface area (Å²) in [7, 11) is 0. The molecule has 0 aromatic heterocycles. The van der Waals surface area contributed by atoms with Crippen molar-refractivity contribution in [2.45, 2.75) is 12.7 Å². The molecular formula is C12H15N5S3. The first-order valence-electron chi connectivity index (χ1n) is 5.67. The van der Waals surface area contributed by atoms with E-state index >= 15 is 0 Å². The highest BCUT2D eigenvalue weighted by atomic mass is 32.2. The fraction of sp³-hybridized carbons (Fsp3) is 0.167. The Hall–Kier alpha value is -1.51. The molecule has 0 radical (unpaired) electrons. The molecule has 0 bridgehead atoms. The molecule has 0 unspecified atom stereocenters. The van der Waals surface area contributed by atoms with Crippen LogP contribution in [-0.4, -0.2) is 21.4 Å². The van der Waals surface area contributed by atoms with Gasteiger partial charge < -0.3 is 5.73 Å². The van der Waals surface area contributed by atoms with E-state index in [0.717, 1.165) is 5.75 Å². The minimum absolute atomic E-state index is 0.111. The number of rotatable bonds is 5. The predicted molar refractivity (Wildman–Crippen MR) is 95.0 cm³/mol. The maximum atomic E-state index is 5.24. The zero-order valence-electron chi connectivity index (χ0n) is 10.9. The first-order chi connectivity index (χ1) is 9.58. The Balaban J connectivity index is 2.29. The quantitative estimate of drug-likeness (QED) is 0.437. The van der Waals surface area contributed by atoms with E-state index in [1.165, 1.54) is 23.5 Å². The molecule has 0 amide bonds. The van der Waals surface area contributed by atoms with Crippen molar-refractivity contribution in [2.75, 3.05) is 0 Å². The predicted octanol–water partition coefficient (Wildman–Crippen LogP) is 1.99. The molecule has 0 spiro atoms. The monoisotopic (exact) mass is 325 g/mol. The Labute approximate surface area is 133 Å². The van der Waals surface area contributed by atoms with Crippen LogP contribution in [0.5, 0.6) is 0 Å². The maximum Gasteiger partial charge on any atom is 0.184 e. The molecule has 106 valence electrons. The summed E-state index contributed by atoms with van der Waals surface area (Å²) in [6, 6.07) is 10.1. The number of nitrogens with zero attached hydrogens (tertiary/aromatic N) is 2. The Morgan fingerprint density at radius 3 is 2.65 bits per heavy atom. The summed E-state index contributed by atoms with van der Waals surface area (Å²) in [6.45, 7) is 1.76. The number of hydrogen-bond donors (Lipinski definition) is 3. The van der Waals surface area contributed by atoms with E-state index in [2.05, 4.69) is 45.4 Å². The molecule has 0 aliphatic rings. The highest BCUT2D eigenvalue weighted by molar-refractivity contribution is 8.22. The van der Waals surface area contributed by atoms with Crippen LogP contribution < -0.4 is 16.6 Å². The van der Waals surface area contributed by atoms with Gasteiger partial charge in [-0.3, -0.25) is 10.9 Å². The number of benzene rings is 1. The molecule has 0 aliphatic carbocycles. The summed E-state index contributed by atoms with van der Waals surface area (Å²) in [5.74, 6) is 0.804. The van der Waals surface area contributed by atoms with Gasteiger partial charge in [-0.25, -0.2) is 0 Å². The standard InChI is InChI=1S/C12H15N5S3/c1-9(15-16-11(13)18)7-14-17-12(19)20-8-10-5-3-2-4-6-10/h2-7H,8H2,1H3,(H,17,19)(H3,13,16,18)/b14-7-,15-9+. The summed E-state index contributed by atoms with van der Waals surface area (Å²) in [6.07, 6.45) is 1.53. The Morgan fingerprint density at radius 1 is 1.30 bits per heavy atom. The van der Waals surface area contributed by atoms with Crippen LogP contribution in [0.2, 0.25) is 0 Å². The number of thioether (sulfide) groups is 1. The van der Waals surface area contributed by atoms with Crippen molar-refractivity contribution in [3.05, 3.63) is 35.9 Å². The van der Waals surface area contributed by atoms with Gasteiger partial charge in [0.25, 0.3) is 0 Å². The fourth-order valence-corrected chi connectivity index (χ4v) is 1.99. The van der Waals surface area contributed by atoms with E-state index in [9.17, 15) is 0 Å². The first-order valence-corrected chi connectivity index (χ1v) is 7.47. The van der Waals surface area contributed by atoms with Crippen LogP contribution in [0.15, 0.2) is 40.5 Å². The largest absolute Gasteiger partial charge is 0.375 e. The molecule has 5 nitrogen and oxygen atoms in total. The summed E-state index contributed by atoms with van der Waals surface area (Å²) in [4.78, 5) is 0. The summed E-state index contributed by atoms with van der Waals surface area (Å²) < 4.78 is 0.597. The number of hydrogen-bond acceptors (Lipinski definition) is 5. The molecule has 1 rings (SSSR count). The van der Waals surface area contributed by atoms with E-state index < -0.39 is 0 Å². The molecule has 0 saturated carbocycles. The van der Waals surface area contributed by atoms with Crippen molar-refractivity contribution in [1.82, 2.24) is 10.9 Å². The SMILES string of the molecule is CC(/C=N\NC(=S)SCc1ccccc1)=N\NC(N)=S. The zero-order chi connectivity index (χ0) is 14.8. The van der Waals surface area contributed by atoms with E-state index in [4.69, 9.17) is 18.0 Å². The van der Waals surface area contributed by atoms with Crippen molar-refractivity contribution >= 4 is 57.6 Å². The second-order valence-corrected chi connectivity index (χ2v) is 5.75. The van der Waals surface area contributed by atoms with Gasteiger partial charge in [-0.2, -0.15) is 10.2 Å². The third-order valence-electron chi connectivity index (χ3n) is 1.96. The Bertz CT molecular complexity index is 513. The second kappa shape index (κ2) is 9.40. The number of thiocarbonyl (C=S) groups is 2. The molecule has 0 aliphatic heterocycles. The first kappa shape index (κ1) is 16.5. The molecular weight excluding hydrogens is 310 g/mol. The molecule has 1 aromatic carbocycles. The van der Waals surface area contributed by atoms with Gasteiger partial charge >= 0.3 is 0 Å². The summed E-state index contributed by atoms with van der Waals surface area (Å²) >= 11 is 11.3. The van der Waals surface area contributed by atoms with Crippen LogP contribution in [0.1, 0.15) is 12.5 Å². The van der Waals surface area contributed by atoms with E-state index in [1.54, 1.807) is 6.92 Å². The van der Waals surface area contributed by atoms with Crippen LogP contribution >= 0.6 is 36.2 Å². The van der Waals surface area contributed by atoms with Crippen LogP contribution in [0.25, 0.3) is 0 Å². The molecule has 0 saturated heterocycles. The number of nitrogens with two attached hydrogens (primary N) is 1. The maximum absolute atomic E-state index is 5.24. The average molecular weight is 325 g/mol. The Kier molecular flexibility index (Phi) is 7.78. The Morgan fingerprint density at radius 2 is 2.00 bits per heavy atom. The fourth-order valence-electron chi connectivity index (χ4n) is 1.11. The smallest absolute Gasteiger partial charge is 0.184 e. The molecule has 1 aromatic rings.